The van der Waals surface area contributed by atoms with Crippen LogP contribution in [0.4, 0.5) is 5.69 Å². The Hall–Kier alpha value is -2.29. The van der Waals surface area contributed by atoms with E-state index >= 15 is 0 Å². The van der Waals surface area contributed by atoms with Gasteiger partial charge in [0.25, 0.3) is 5.69 Å². The molecule has 1 amide bonds. The maximum Gasteiger partial charge on any atom is 0.272 e. The van der Waals surface area contributed by atoms with Crippen molar-refractivity contribution in [3.05, 3.63) is 39.4 Å². The van der Waals surface area contributed by atoms with Gasteiger partial charge < -0.3 is 0 Å². The molecule has 0 aromatic heterocycles. The number of nitro groups is 1. The second-order valence-corrected chi connectivity index (χ2v) is 7.80. The number of hydrogen-bond donors (Lipinski definition) is 1. The van der Waals surface area contributed by atoms with E-state index in [9.17, 15) is 23.3 Å². The van der Waals surface area contributed by atoms with Gasteiger partial charge in [-0.3, -0.25) is 14.9 Å². The van der Waals surface area contributed by atoms with E-state index in [1.165, 1.54) is 12.3 Å². The molecule has 0 saturated carbocycles. The third-order valence-corrected chi connectivity index (χ3v) is 5.47. The molecule has 1 aliphatic heterocycles. The van der Waals surface area contributed by atoms with E-state index < -0.39 is 14.8 Å². The summed E-state index contributed by atoms with van der Waals surface area (Å²) in [5, 5.41) is 14.6. The number of nitrogens with one attached hydrogen (secondary N) is 1. The lowest BCUT2D eigenvalue weighted by atomic mass is 10.1. The van der Waals surface area contributed by atoms with Crippen LogP contribution >= 0.6 is 0 Å². The monoisotopic (exact) mass is 339 g/mol. The molecule has 1 saturated heterocycles. The minimum absolute atomic E-state index is 0.0172. The van der Waals surface area contributed by atoms with Crippen LogP contribution in [-0.2, 0) is 14.6 Å². The Balaban J connectivity index is 1.90. The molecule has 1 aromatic rings. The van der Waals surface area contributed by atoms with Gasteiger partial charge in [-0.15, -0.1) is 0 Å². The summed E-state index contributed by atoms with van der Waals surface area (Å²) in [7, 11) is -3.00. The van der Waals surface area contributed by atoms with Crippen LogP contribution in [0, 0.1) is 23.0 Å². The average Bonchev–Trinajstić information content (AvgIpc) is 2.79. The summed E-state index contributed by atoms with van der Waals surface area (Å²) < 4.78 is 22.6. The van der Waals surface area contributed by atoms with Gasteiger partial charge in [0.15, 0.2) is 9.84 Å². The Morgan fingerprint density at radius 2 is 2.26 bits per heavy atom. The zero-order valence-electron chi connectivity index (χ0n) is 12.6. The molecular weight excluding hydrogens is 322 g/mol. The molecular formula is C14H17N3O5S. The third-order valence-electron chi connectivity index (χ3n) is 3.63. The topological polar surface area (TPSA) is 119 Å². The standard InChI is InChI=1S/C14H17N3O5S/c1-10-2-3-11(6-13(10)17(19)20)8-15-16-14(18)7-12-4-5-23(21,22)9-12/h2-3,6,8,12H,4-5,7,9H2,1H3,(H,16,18)/b15-8-/t12-/m1/s1. The SMILES string of the molecule is Cc1ccc(/C=N\NC(=O)C[C@H]2CCS(=O)(=O)C2)cc1[N+](=O)[O-]. The van der Waals surface area contributed by atoms with Crippen LogP contribution < -0.4 is 5.43 Å². The van der Waals surface area contributed by atoms with Gasteiger partial charge in [-0.05, 0) is 19.3 Å². The van der Waals surface area contributed by atoms with Crippen LogP contribution in [0.25, 0.3) is 0 Å². The fourth-order valence-electron chi connectivity index (χ4n) is 2.42. The molecule has 124 valence electrons. The number of rotatable bonds is 5. The Morgan fingerprint density at radius 3 is 2.87 bits per heavy atom. The van der Waals surface area contributed by atoms with Crippen LogP contribution in [0.15, 0.2) is 23.3 Å². The van der Waals surface area contributed by atoms with Crippen molar-refractivity contribution in [1.82, 2.24) is 5.43 Å². The molecule has 1 atom stereocenters. The molecule has 0 radical (unpaired) electrons. The molecule has 8 nitrogen and oxygen atoms in total. The number of hydrogen-bond acceptors (Lipinski definition) is 6. The molecule has 1 aliphatic rings. The Bertz CT molecular complexity index is 758. The van der Waals surface area contributed by atoms with Crippen molar-refractivity contribution < 1.29 is 18.1 Å². The molecule has 0 unspecified atom stereocenters. The van der Waals surface area contributed by atoms with Gasteiger partial charge in [-0.1, -0.05) is 12.1 Å². The minimum atomic E-state index is -3.00. The first-order valence-electron chi connectivity index (χ1n) is 7.04. The average molecular weight is 339 g/mol. The lowest BCUT2D eigenvalue weighted by molar-refractivity contribution is -0.385. The highest BCUT2D eigenvalue weighted by Crippen LogP contribution is 2.21. The predicted molar refractivity (Wildman–Crippen MR) is 84.9 cm³/mol. The van der Waals surface area contributed by atoms with Gasteiger partial charge in [0.1, 0.15) is 0 Å². The molecule has 0 aliphatic carbocycles. The van der Waals surface area contributed by atoms with Gasteiger partial charge >= 0.3 is 0 Å². The number of nitro benzene ring substituents is 1. The van der Waals surface area contributed by atoms with Crippen LogP contribution in [0.2, 0.25) is 0 Å². The van der Waals surface area contributed by atoms with Gasteiger partial charge in [0.05, 0.1) is 22.6 Å². The number of carbonyl (C=O) groups excluding carboxylic acids is 1. The summed E-state index contributed by atoms with van der Waals surface area (Å²) in [6.45, 7) is 1.64. The van der Waals surface area contributed by atoms with Crippen LogP contribution in [-0.4, -0.2) is 37.0 Å². The number of carbonyl (C=O) groups is 1. The minimum Gasteiger partial charge on any atom is -0.273 e. The van der Waals surface area contributed by atoms with Crippen molar-refractivity contribution in [3.63, 3.8) is 0 Å². The second kappa shape index (κ2) is 6.86. The van der Waals surface area contributed by atoms with E-state index in [1.807, 2.05) is 0 Å². The van der Waals surface area contributed by atoms with Crippen LogP contribution in [0.5, 0.6) is 0 Å². The van der Waals surface area contributed by atoms with Crippen molar-refractivity contribution in [3.8, 4) is 0 Å². The number of nitrogens with zero attached hydrogens (tertiary/aromatic N) is 2. The number of sulfone groups is 1. The summed E-state index contributed by atoms with van der Waals surface area (Å²) >= 11 is 0. The first-order chi connectivity index (χ1) is 10.8. The van der Waals surface area contributed by atoms with E-state index in [2.05, 4.69) is 10.5 Å². The molecule has 1 fully saturated rings. The summed E-state index contributed by atoms with van der Waals surface area (Å²) in [6.07, 6.45) is 1.91. The predicted octanol–water partition coefficient (Wildman–Crippen LogP) is 1.18. The fraction of sp³-hybridized carbons (Fsp3) is 0.429. The first-order valence-corrected chi connectivity index (χ1v) is 8.86. The third kappa shape index (κ3) is 4.85. The van der Waals surface area contributed by atoms with Crippen molar-refractivity contribution in [2.45, 2.75) is 19.8 Å². The molecule has 2 rings (SSSR count). The van der Waals surface area contributed by atoms with Crippen molar-refractivity contribution in [2.24, 2.45) is 11.0 Å². The van der Waals surface area contributed by atoms with E-state index in [0.29, 0.717) is 17.5 Å². The quantitative estimate of drug-likeness (QED) is 0.491. The zero-order chi connectivity index (χ0) is 17.0. The fourth-order valence-corrected chi connectivity index (χ4v) is 4.28. The molecule has 0 bridgehead atoms. The van der Waals surface area contributed by atoms with Gasteiger partial charge in [-0.25, -0.2) is 13.8 Å². The smallest absolute Gasteiger partial charge is 0.272 e. The highest BCUT2D eigenvalue weighted by atomic mass is 32.2. The van der Waals surface area contributed by atoms with E-state index in [4.69, 9.17) is 0 Å². The van der Waals surface area contributed by atoms with E-state index in [1.54, 1.807) is 19.1 Å². The molecule has 9 heteroatoms. The van der Waals surface area contributed by atoms with Gasteiger partial charge in [0.2, 0.25) is 5.91 Å². The summed E-state index contributed by atoms with van der Waals surface area (Å²) in [6, 6.07) is 4.63. The van der Waals surface area contributed by atoms with E-state index in [-0.39, 0.29) is 35.4 Å². The molecule has 1 aromatic carbocycles. The van der Waals surface area contributed by atoms with Crippen molar-refractivity contribution in [2.75, 3.05) is 11.5 Å². The molecule has 0 spiro atoms. The zero-order valence-corrected chi connectivity index (χ0v) is 13.4. The van der Waals surface area contributed by atoms with Crippen molar-refractivity contribution >= 4 is 27.6 Å². The van der Waals surface area contributed by atoms with E-state index in [0.717, 1.165) is 0 Å². The summed E-state index contributed by atoms with van der Waals surface area (Å²) in [4.78, 5) is 22.1. The van der Waals surface area contributed by atoms with Gasteiger partial charge in [0, 0.05) is 23.6 Å². The molecule has 1 heterocycles. The molecule has 23 heavy (non-hydrogen) atoms. The molecule has 1 N–H and O–H groups in total. The first kappa shape index (κ1) is 17.1. The Labute approximate surface area is 133 Å². The lowest BCUT2D eigenvalue weighted by Gasteiger charge is -2.05. The normalized spacial score (nSPS) is 19.8. The number of amides is 1. The summed E-state index contributed by atoms with van der Waals surface area (Å²) in [5.41, 5.74) is 3.33. The maximum atomic E-state index is 11.7. The Kier molecular flexibility index (Phi) is 5.09. The highest BCUT2D eigenvalue weighted by Gasteiger charge is 2.29. The maximum absolute atomic E-state index is 11.7. The number of benzene rings is 1. The van der Waals surface area contributed by atoms with Crippen LogP contribution in [0.3, 0.4) is 0 Å². The van der Waals surface area contributed by atoms with Gasteiger partial charge in [-0.2, -0.15) is 5.10 Å². The Morgan fingerprint density at radius 1 is 1.52 bits per heavy atom. The van der Waals surface area contributed by atoms with Crippen LogP contribution in [0.1, 0.15) is 24.0 Å². The number of hydrazone groups is 1. The lowest BCUT2D eigenvalue weighted by Crippen LogP contribution is -2.21. The second-order valence-electron chi connectivity index (χ2n) is 5.57. The highest BCUT2D eigenvalue weighted by molar-refractivity contribution is 7.91. The summed E-state index contributed by atoms with van der Waals surface area (Å²) in [5.74, 6) is -0.379. The van der Waals surface area contributed by atoms with Crippen molar-refractivity contribution in [1.29, 1.82) is 0 Å². The largest absolute Gasteiger partial charge is 0.273 e. The number of aryl methyl sites for hydroxylation is 1.